The molecule has 0 radical (unpaired) electrons. The largest absolute Gasteiger partial charge is 0.383 e. The molecule has 84 valence electrons. The molecule has 0 aliphatic heterocycles. The Morgan fingerprint density at radius 1 is 1.31 bits per heavy atom. The predicted octanol–water partition coefficient (Wildman–Crippen LogP) is 2.49. The molecule has 0 saturated heterocycles. The first-order valence-electron chi connectivity index (χ1n) is 5.37. The minimum atomic E-state index is 0.275. The van der Waals surface area contributed by atoms with Gasteiger partial charge in [-0.3, -0.25) is 0 Å². The first kappa shape index (κ1) is 10.7. The number of H-pyrrole nitrogens is 1. The second-order valence-corrected chi connectivity index (χ2v) is 4.18. The summed E-state index contributed by atoms with van der Waals surface area (Å²) in [6.07, 6.45) is 1.88. The van der Waals surface area contributed by atoms with Crippen LogP contribution in [0.25, 0.3) is 11.4 Å². The lowest BCUT2D eigenvalue weighted by molar-refractivity contribution is 0.776. The third kappa shape index (κ3) is 1.78. The van der Waals surface area contributed by atoms with E-state index in [2.05, 4.69) is 28.8 Å². The molecule has 0 fully saturated rings. The molecule has 0 aliphatic carbocycles. The zero-order valence-corrected chi connectivity index (χ0v) is 9.78. The fraction of sp³-hybridized carbons (Fsp3) is 0.333. The molecule has 2 heterocycles. The highest BCUT2D eigenvalue weighted by Crippen LogP contribution is 2.24. The van der Waals surface area contributed by atoms with E-state index in [1.54, 1.807) is 0 Å². The van der Waals surface area contributed by atoms with E-state index in [1.165, 1.54) is 0 Å². The van der Waals surface area contributed by atoms with Crippen molar-refractivity contribution in [1.29, 1.82) is 0 Å². The van der Waals surface area contributed by atoms with E-state index < -0.39 is 0 Å². The predicted molar refractivity (Wildman–Crippen MR) is 65.1 cm³/mol. The summed E-state index contributed by atoms with van der Waals surface area (Å²) in [5.41, 5.74) is 8.69. The summed E-state index contributed by atoms with van der Waals surface area (Å²) >= 11 is 0. The summed E-state index contributed by atoms with van der Waals surface area (Å²) in [6.45, 7) is 6.06. The molecule has 0 aliphatic rings. The summed E-state index contributed by atoms with van der Waals surface area (Å²) in [5.74, 6) is 1.62. The maximum atomic E-state index is 5.90. The van der Waals surface area contributed by atoms with Gasteiger partial charge in [-0.05, 0) is 19.1 Å². The van der Waals surface area contributed by atoms with Gasteiger partial charge in [-0.25, -0.2) is 9.97 Å². The van der Waals surface area contributed by atoms with E-state index in [0.717, 1.165) is 22.8 Å². The molecule has 4 heteroatoms. The van der Waals surface area contributed by atoms with Crippen molar-refractivity contribution in [2.45, 2.75) is 26.7 Å². The van der Waals surface area contributed by atoms with Gasteiger partial charge >= 0.3 is 0 Å². The van der Waals surface area contributed by atoms with Gasteiger partial charge in [0, 0.05) is 17.7 Å². The van der Waals surface area contributed by atoms with Crippen molar-refractivity contribution >= 4 is 5.82 Å². The van der Waals surface area contributed by atoms with Crippen LogP contribution in [0.3, 0.4) is 0 Å². The minimum absolute atomic E-state index is 0.275. The van der Waals surface area contributed by atoms with Gasteiger partial charge < -0.3 is 10.7 Å². The molecule has 16 heavy (non-hydrogen) atoms. The fourth-order valence-corrected chi connectivity index (χ4v) is 1.55. The molecule has 0 unspecified atom stereocenters. The second kappa shape index (κ2) is 3.96. The molecular weight excluding hydrogens is 200 g/mol. The molecule has 0 atom stereocenters. The van der Waals surface area contributed by atoms with Gasteiger partial charge in [0.05, 0.1) is 11.4 Å². The van der Waals surface area contributed by atoms with E-state index >= 15 is 0 Å². The van der Waals surface area contributed by atoms with Crippen molar-refractivity contribution < 1.29 is 0 Å². The van der Waals surface area contributed by atoms with Crippen molar-refractivity contribution in [3.8, 4) is 11.4 Å². The molecule has 0 saturated carbocycles. The Hall–Kier alpha value is -1.84. The zero-order chi connectivity index (χ0) is 11.7. The summed E-state index contributed by atoms with van der Waals surface area (Å²) in [5, 5.41) is 0. The van der Waals surface area contributed by atoms with Gasteiger partial charge in [0.25, 0.3) is 0 Å². The molecule has 2 aromatic rings. The average molecular weight is 216 g/mol. The van der Waals surface area contributed by atoms with Crippen LogP contribution in [0, 0.1) is 6.92 Å². The van der Waals surface area contributed by atoms with Crippen molar-refractivity contribution in [2.75, 3.05) is 5.73 Å². The number of nitrogen functional groups attached to an aromatic ring is 1. The molecule has 0 bridgehead atoms. The lowest BCUT2D eigenvalue weighted by Crippen LogP contribution is -2.06. The van der Waals surface area contributed by atoms with Crippen LogP contribution >= 0.6 is 0 Å². The highest BCUT2D eigenvalue weighted by atomic mass is 15.0. The zero-order valence-electron chi connectivity index (χ0n) is 9.78. The van der Waals surface area contributed by atoms with Crippen LogP contribution in [0.1, 0.15) is 31.2 Å². The number of hydrogen-bond donors (Lipinski definition) is 2. The Kier molecular flexibility index (Phi) is 2.64. The van der Waals surface area contributed by atoms with Gasteiger partial charge in [0.2, 0.25) is 0 Å². The van der Waals surface area contributed by atoms with Gasteiger partial charge in [0.15, 0.2) is 0 Å². The van der Waals surface area contributed by atoms with Crippen LogP contribution in [0.5, 0.6) is 0 Å². The number of nitrogens with zero attached hydrogens (tertiary/aromatic N) is 2. The van der Waals surface area contributed by atoms with Crippen molar-refractivity contribution in [3.05, 3.63) is 29.7 Å². The molecule has 0 amide bonds. The smallest absolute Gasteiger partial charge is 0.134 e. The van der Waals surface area contributed by atoms with E-state index in [1.807, 2.05) is 25.3 Å². The van der Waals surface area contributed by atoms with Crippen LogP contribution in [-0.2, 0) is 0 Å². The van der Waals surface area contributed by atoms with Crippen LogP contribution in [-0.4, -0.2) is 15.0 Å². The third-order valence-corrected chi connectivity index (χ3v) is 2.57. The summed E-state index contributed by atoms with van der Waals surface area (Å²) in [4.78, 5) is 12.0. The quantitative estimate of drug-likeness (QED) is 0.810. The molecule has 0 aromatic carbocycles. The van der Waals surface area contributed by atoms with Gasteiger partial charge in [-0.1, -0.05) is 13.8 Å². The maximum Gasteiger partial charge on any atom is 0.134 e. The lowest BCUT2D eigenvalue weighted by atomic mass is 10.1. The van der Waals surface area contributed by atoms with Crippen LogP contribution in [0.15, 0.2) is 18.3 Å². The monoisotopic (exact) mass is 216 g/mol. The highest BCUT2D eigenvalue weighted by Gasteiger charge is 2.12. The molecule has 4 nitrogen and oxygen atoms in total. The Balaban J connectivity index is 2.60. The number of rotatable bonds is 2. The maximum absolute atomic E-state index is 5.90. The number of aromatic nitrogens is 3. The fourth-order valence-electron chi connectivity index (χ4n) is 1.55. The summed E-state index contributed by atoms with van der Waals surface area (Å²) < 4.78 is 0. The summed E-state index contributed by atoms with van der Waals surface area (Å²) in [6, 6.07) is 3.93. The average Bonchev–Trinajstić information content (AvgIpc) is 2.74. The van der Waals surface area contributed by atoms with Gasteiger partial charge in [0.1, 0.15) is 11.6 Å². The Morgan fingerprint density at radius 3 is 2.62 bits per heavy atom. The second-order valence-electron chi connectivity index (χ2n) is 4.18. The first-order valence-corrected chi connectivity index (χ1v) is 5.37. The van der Waals surface area contributed by atoms with Crippen LogP contribution in [0.4, 0.5) is 5.82 Å². The first-order chi connectivity index (χ1) is 7.59. The van der Waals surface area contributed by atoms with Gasteiger partial charge in [-0.15, -0.1) is 0 Å². The topological polar surface area (TPSA) is 67.6 Å². The number of hydrogen-bond acceptors (Lipinski definition) is 3. The van der Waals surface area contributed by atoms with Crippen molar-refractivity contribution in [1.82, 2.24) is 15.0 Å². The normalized spacial score (nSPS) is 11.0. The Bertz CT molecular complexity index is 486. The highest BCUT2D eigenvalue weighted by molar-refractivity contribution is 5.64. The Morgan fingerprint density at radius 2 is 2.06 bits per heavy atom. The van der Waals surface area contributed by atoms with E-state index in [-0.39, 0.29) is 5.92 Å². The molecule has 0 spiro atoms. The molecular formula is C12H16N4. The van der Waals surface area contributed by atoms with E-state index in [9.17, 15) is 0 Å². The molecule has 3 N–H and O–H groups in total. The Labute approximate surface area is 94.9 Å². The van der Waals surface area contributed by atoms with E-state index in [4.69, 9.17) is 5.73 Å². The van der Waals surface area contributed by atoms with Crippen molar-refractivity contribution in [2.24, 2.45) is 0 Å². The van der Waals surface area contributed by atoms with Gasteiger partial charge in [-0.2, -0.15) is 0 Å². The standard InChI is InChI=1S/C12H16N4/c1-7(2)12-15-10(8(3)11(13)16-12)9-5-4-6-14-9/h4-7,14H,1-3H3,(H2,13,15,16). The lowest BCUT2D eigenvalue weighted by Gasteiger charge is -2.10. The number of nitrogens with two attached hydrogens (primary N) is 1. The molecule has 2 rings (SSSR count). The number of anilines is 1. The third-order valence-electron chi connectivity index (χ3n) is 2.57. The molecule has 2 aromatic heterocycles. The van der Waals surface area contributed by atoms with Crippen molar-refractivity contribution in [3.63, 3.8) is 0 Å². The minimum Gasteiger partial charge on any atom is -0.383 e. The van der Waals surface area contributed by atoms with E-state index in [0.29, 0.717) is 5.82 Å². The summed E-state index contributed by atoms with van der Waals surface area (Å²) in [7, 11) is 0. The van der Waals surface area contributed by atoms with Crippen LogP contribution < -0.4 is 5.73 Å². The van der Waals surface area contributed by atoms with Crippen LogP contribution in [0.2, 0.25) is 0 Å². The number of aromatic amines is 1. The SMILES string of the molecule is Cc1c(N)nc(C(C)C)nc1-c1ccc[nH]1. The number of nitrogens with one attached hydrogen (secondary N) is 1.